The third kappa shape index (κ3) is 2.35. The van der Waals surface area contributed by atoms with Gasteiger partial charge in [0.1, 0.15) is 0 Å². The Hall–Kier alpha value is -0.930. The van der Waals surface area contributed by atoms with Crippen LogP contribution in [0.3, 0.4) is 0 Å². The van der Waals surface area contributed by atoms with Crippen molar-refractivity contribution in [2.24, 2.45) is 0 Å². The van der Waals surface area contributed by atoms with Gasteiger partial charge < -0.3 is 10.6 Å². The lowest BCUT2D eigenvalue weighted by molar-refractivity contribution is 0.0652. The average molecular weight is 273 g/mol. The predicted octanol–water partition coefficient (Wildman–Crippen LogP) is 3.20. The van der Waals surface area contributed by atoms with E-state index in [1.165, 1.54) is 6.42 Å². The smallest absolute Gasteiger partial charge is 0.253 e. The van der Waals surface area contributed by atoms with Gasteiger partial charge in [-0.1, -0.05) is 23.2 Å². The first-order chi connectivity index (χ1) is 8.00. The number of benzene rings is 1. The highest BCUT2D eigenvalue weighted by Gasteiger charge is 2.26. The van der Waals surface area contributed by atoms with Crippen molar-refractivity contribution in [3.05, 3.63) is 27.7 Å². The Bertz CT molecular complexity index is 435. The number of halogens is 2. The minimum absolute atomic E-state index is 0.0569. The van der Waals surface area contributed by atoms with E-state index in [9.17, 15) is 4.79 Å². The zero-order valence-electron chi connectivity index (χ0n) is 9.54. The van der Waals surface area contributed by atoms with Crippen molar-refractivity contribution in [2.75, 3.05) is 12.8 Å². The number of nitrogen functional groups attached to an aromatic ring is 1. The van der Waals surface area contributed by atoms with Crippen molar-refractivity contribution in [3.63, 3.8) is 0 Å². The molecule has 1 saturated carbocycles. The van der Waals surface area contributed by atoms with Gasteiger partial charge in [-0.3, -0.25) is 4.79 Å². The second-order valence-corrected chi connectivity index (χ2v) is 5.17. The first-order valence-corrected chi connectivity index (χ1v) is 6.28. The zero-order chi connectivity index (χ0) is 12.6. The van der Waals surface area contributed by atoms with Crippen LogP contribution < -0.4 is 5.73 Å². The molecular formula is C12H14Cl2N2O. The molecule has 3 nitrogen and oxygen atoms in total. The van der Waals surface area contributed by atoms with E-state index in [0.717, 1.165) is 12.8 Å². The van der Waals surface area contributed by atoms with Crippen molar-refractivity contribution < 1.29 is 4.79 Å². The van der Waals surface area contributed by atoms with E-state index in [0.29, 0.717) is 27.3 Å². The normalized spacial score (nSPS) is 15.5. The Morgan fingerprint density at radius 3 is 2.29 bits per heavy atom. The number of hydrogen-bond donors (Lipinski definition) is 1. The Labute approximate surface area is 110 Å². The molecule has 0 bridgehead atoms. The molecule has 1 fully saturated rings. The lowest BCUT2D eigenvalue weighted by Gasteiger charge is -2.34. The summed E-state index contributed by atoms with van der Waals surface area (Å²) in [5.74, 6) is -0.0569. The van der Waals surface area contributed by atoms with Crippen LogP contribution in [0.15, 0.2) is 12.1 Å². The van der Waals surface area contributed by atoms with Crippen molar-refractivity contribution >= 4 is 34.8 Å². The van der Waals surface area contributed by atoms with Gasteiger partial charge in [0, 0.05) is 18.7 Å². The van der Waals surface area contributed by atoms with Crippen LogP contribution in [0.25, 0.3) is 0 Å². The van der Waals surface area contributed by atoms with Crippen molar-refractivity contribution in [2.45, 2.75) is 25.3 Å². The number of anilines is 1. The van der Waals surface area contributed by atoms with E-state index in [-0.39, 0.29) is 5.91 Å². The summed E-state index contributed by atoms with van der Waals surface area (Å²) < 4.78 is 0. The highest BCUT2D eigenvalue weighted by Crippen LogP contribution is 2.30. The van der Waals surface area contributed by atoms with Crippen LogP contribution in [0.5, 0.6) is 0 Å². The quantitative estimate of drug-likeness (QED) is 0.841. The van der Waals surface area contributed by atoms with Gasteiger partial charge in [-0.15, -0.1) is 0 Å². The first-order valence-electron chi connectivity index (χ1n) is 5.52. The SMILES string of the molecule is CN(C(=O)c1cc(Cl)c(N)c(Cl)c1)C1CCC1. The summed E-state index contributed by atoms with van der Waals surface area (Å²) in [6.07, 6.45) is 3.32. The summed E-state index contributed by atoms with van der Waals surface area (Å²) in [7, 11) is 1.81. The molecule has 0 radical (unpaired) electrons. The molecule has 2 rings (SSSR count). The molecule has 1 aliphatic rings. The fourth-order valence-electron chi connectivity index (χ4n) is 1.85. The predicted molar refractivity (Wildman–Crippen MR) is 70.6 cm³/mol. The molecule has 0 spiro atoms. The molecule has 0 aromatic heterocycles. The van der Waals surface area contributed by atoms with Gasteiger partial charge in [-0.05, 0) is 31.4 Å². The van der Waals surface area contributed by atoms with E-state index in [1.54, 1.807) is 17.0 Å². The molecule has 0 heterocycles. The fourth-order valence-corrected chi connectivity index (χ4v) is 2.34. The molecule has 0 aliphatic heterocycles. The number of carbonyl (C=O) groups excluding carboxylic acids is 1. The third-order valence-electron chi connectivity index (χ3n) is 3.27. The highest BCUT2D eigenvalue weighted by molar-refractivity contribution is 6.39. The van der Waals surface area contributed by atoms with Crippen LogP contribution in [0.2, 0.25) is 10.0 Å². The number of rotatable bonds is 2. The van der Waals surface area contributed by atoms with Crippen LogP contribution in [-0.4, -0.2) is 23.9 Å². The van der Waals surface area contributed by atoms with Crippen LogP contribution in [0, 0.1) is 0 Å². The van der Waals surface area contributed by atoms with Crippen LogP contribution in [-0.2, 0) is 0 Å². The van der Waals surface area contributed by atoms with Crippen molar-refractivity contribution in [1.82, 2.24) is 4.90 Å². The molecule has 1 aromatic carbocycles. The molecule has 92 valence electrons. The van der Waals surface area contributed by atoms with Gasteiger partial charge >= 0.3 is 0 Å². The fraction of sp³-hybridized carbons (Fsp3) is 0.417. The molecule has 0 saturated heterocycles. The molecule has 2 N–H and O–H groups in total. The van der Waals surface area contributed by atoms with Gasteiger partial charge in [-0.25, -0.2) is 0 Å². The number of amides is 1. The van der Waals surface area contributed by atoms with Crippen LogP contribution >= 0.6 is 23.2 Å². The number of nitrogens with two attached hydrogens (primary N) is 1. The van der Waals surface area contributed by atoms with E-state index >= 15 is 0 Å². The van der Waals surface area contributed by atoms with Crippen LogP contribution in [0.4, 0.5) is 5.69 Å². The number of carbonyl (C=O) groups is 1. The summed E-state index contributed by atoms with van der Waals surface area (Å²) in [5, 5.41) is 0.644. The summed E-state index contributed by atoms with van der Waals surface area (Å²) in [5.41, 5.74) is 6.44. The van der Waals surface area contributed by atoms with E-state index < -0.39 is 0 Å². The lowest BCUT2D eigenvalue weighted by Crippen LogP contribution is -2.41. The number of hydrogen-bond acceptors (Lipinski definition) is 2. The first kappa shape index (κ1) is 12.5. The molecule has 17 heavy (non-hydrogen) atoms. The van der Waals surface area contributed by atoms with Gasteiger partial charge in [0.15, 0.2) is 0 Å². The summed E-state index contributed by atoms with van der Waals surface area (Å²) in [6.45, 7) is 0. The Kier molecular flexibility index (Phi) is 3.50. The summed E-state index contributed by atoms with van der Waals surface area (Å²) >= 11 is 11.8. The minimum Gasteiger partial charge on any atom is -0.396 e. The molecule has 0 atom stereocenters. The average Bonchev–Trinajstić information content (AvgIpc) is 2.21. The zero-order valence-corrected chi connectivity index (χ0v) is 11.1. The van der Waals surface area contributed by atoms with E-state index in [4.69, 9.17) is 28.9 Å². The van der Waals surface area contributed by atoms with Gasteiger partial charge in [0.25, 0.3) is 5.91 Å². The Morgan fingerprint density at radius 2 is 1.88 bits per heavy atom. The van der Waals surface area contributed by atoms with Gasteiger partial charge in [0.05, 0.1) is 15.7 Å². The Morgan fingerprint density at radius 1 is 1.35 bits per heavy atom. The van der Waals surface area contributed by atoms with Gasteiger partial charge in [0.2, 0.25) is 0 Å². The van der Waals surface area contributed by atoms with Crippen molar-refractivity contribution in [1.29, 1.82) is 0 Å². The standard InChI is InChI=1S/C12H14Cl2N2O/c1-16(8-3-2-4-8)12(17)7-5-9(13)11(15)10(14)6-7/h5-6,8H,2-4,15H2,1H3. The highest BCUT2D eigenvalue weighted by atomic mass is 35.5. The third-order valence-corrected chi connectivity index (χ3v) is 3.89. The second kappa shape index (κ2) is 4.75. The minimum atomic E-state index is -0.0569. The second-order valence-electron chi connectivity index (χ2n) is 4.35. The molecular weight excluding hydrogens is 259 g/mol. The monoisotopic (exact) mass is 272 g/mol. The maximum absolute atomic E-state index is 12.2. The van der Waals surface area contributed by atoms with Crippen molar-refractivity contribution in [3.8, 4) is 0 Å². The lowest BCUT2D eigenvalue weighted by atomic mass is 9.91. The van der Waals surface area contributed by atoms with E-state index in [2.05, 4.69) is 0 Å². The van der Waals surface area contributed by atoms with Gasteiger partial charge in [-0.2, -0.15) is 0 Å². The number of nitrogens with zero attached hydrogens (tertiary/aromatic N) is 1. The molecule has 1 aromatic rings. The Balaban J connectivity index is 2.24. The maximum atomic E-state index is 12.2. The molecule has 1 amide bonds. The topological polar surface area (TPSA) is 46.3 Å². The maximum Gasteiger partial charge on any atom is 0.253 e. The largest absolute Gasteiger partial charge is 0.396 e. The summed E-state index contributed by atoms with van der Waals surface area (Å²) in [4.78, 5) is 13.9. The molecule has 1 aliphatic carbocycles. The summed E-state index contributed by atoms with van der Waals surface area (Å²) in [6, 6.07) is 3.48. The van der Waals surface area contributed by atoms with E-state index in [1.807, 2.05) is 7.05 Å². The molecule has 5 heteroatoms. The van der Waals surface area contributed by atoms with Crippen LogP contribution in [0.1, 0.15) is 29.6 Å². The molecule has 0 unspecified atom stereocenters.